The summed E-state index contributed by atoms with van der Waals surface area (Å²) in [5.74, 6) is -0.284. The zero-order valence-corrected chi connectivity index (χ0v) is 11.2. The molecule has 22 heavy (non-hydrogen) atoms. The van der Waals surface area contributed by atoms with E-state index in [0.29, 0.717) is 0 Å². The standard InChI is InChI=1S/C12H13F3N4O3/c13-12(14,15)5-2-19(8-1-6(21)7(3-20)22-8)11-9(5)10(16)17-4-18-11/h2,4,6-8,20-21H,1,3H2,(H2,16,17,18)/t6-,7+,8-/m0/s1. The van der Waals surface area contributed by atoms with Crippen LogP contribution >= 0.6 is 0 Å². The van der Waals surface area contributed by atoms with E-state index in [4.69, 9.17) is 15.6 Å². The molecule has 0 bridgehead atoms. The van der Waals surface area contributed by atoms with Crippen molar-refractivity contribution in [1.29, 1.82) is 0 Å². The van der Waals surface area contributed by atoms with E-state index in [1.807, 2.05) is 0 Å². The van der Waals surface area contributed by atoms with Gasteiger partial charge < -0.3 is 25.3 Å². The SMILES string of the molecule is Nc1ncnc2c1c(C(F)(F)F)cn2[C@@H]1C[C@H](O)[C@@H](CO)O1. The highest BCUT2D eigenvalue weighted by Crippen LogP contribution is 2.40. The third-order valence-corrected chi connectivity index (χ3v) is 3.64. The quantitative estimate of drug-likeness (QED) is 0.751. The fourth-order valence-corrected chi connectivity index (χ4v) is 2.59. The van der Waals surface area contributed by atoms with Crippen LogP contribution in [0.15, 0.2) is 12.5 Å². The summed E-state index contributed by atoms with van der Waals surface area (Å²) in [7, 11) is 0. The highest BCUT2D eigenvalue weighted by atomic mass is 19.4. The lowest BCUT2D eigenvalue weighted by Gasteiger charge is -2.14. The van der Waals surface area contributed by atoms with Crippen molar-refractivity contribution in [2.75, 3.05) is 12.3 Å². The Morgan fingerprint density at radius 2 is 2.14 bits per heavy atom. The Morgan fingerprint density at radius 1 is 1.41 bits per heavy atom. The number of nitrogen functional groups attached to an aromatic ring is 1. The molecule has 4 N–H and O–H groups in total. The van der Waals surface area contributed by atoms with Gasteiger partial charge in [0.2, 0.25) is 0 Å². The van der Waals surface area contributed by atoms with Gasteiger partial charge in [0.15, 0.2) is 0 Å². The fraction of sp³-hybridized carbons (Fsp3) is 0.500. The number of hydrogen-bond donors (Lipinski definition) is 3. The van der Waals surface area contributed by atoms with Crippen molar-refractivity contribution in [1.82, 2.24) is 14.5 Å². The van der Waals surface area contributed by atoms with Gasteiger partial charge in [0.25, 0.3) is 0 Å². The van der Waals surface area contributed by atoms with E-state index in [-0.39, 0.29) is 23.3 Å². The number of fused-ring (bicyclic) bond motifs is 1. The van der Waals surface area contributed by atoms with Gasteiger partial charge in [-0.25, -0.2) is 9.97 Å². The predicted molar refractivity (Wildman–Crippen MR) is 68.6 cm³/mol. The Labute approximate surface area is 122 Å². The molecule has 3 rings (SSSR count). The van der Waals surface area contributed by atoms with Gasteiger partial charge in [0, 0.05) is 12.6 Å². The summed E-state index contributed by atoms with van der Waals surface area (Å²) in [4.78, 5) is 7.44. The molecule has 0 aromatic carbocycles. The Bertz CT molecular complexity index is 703. The van der Waals surface area contributed by atoms with Crippen molar-refractivity contribution in [3.63, 3.8) is 0 Å². The molecule has 0 aliphatic carbocycles. The first kappa shape index (κ1) is 15.0. The van der Waals surface area contributed by atoms with E-state index in [2.05, 4.69) is 9.97 Å². The van der Waals surface area contributed by atoms with Gasteiger partial charge in [-0.15, -0.1) is 0 Å². The maximum absolute atomic E-state index is 13.2. The summed E-state index contributed by atoms with van der Waals surface area (Å²) in [6.07, 6.45) is -5.39. The first-order valence-corrected chi connectivity index (χ1v) is 6.45. The molecule has 2 aromatic rings. The molecule has 1 aliphatic heterocycles. The minimum absolute atomic E-state index is 0.0318. The van der Waals surface area contributed by atoms with Crippen LogP contribution in [-0.2, 0) is 10.9 Å². The van der Waals surface area contributed by atoms with Crippen molar-refractivity contribution in [3.8, 4) is 0 Å². The van der Waals surface area contributed by atoms with Crippen molar-refractivity contribution in [2.45, 2.75) is 31.0 Å². The van der Waals surface area contributed by atoms with Gasteiger partial charge in [-0.3, -0.25) is 0 Å². The summed E-state index contributed by atoms with van der Waals surface area (Å²) in [5, 5.41) is 18.5. The molecule has 1 fully saturated rings. The maximum atomic E-state index is 13.2. The highest BCUT2D eigenvalue weighted by molar-refractivity contribution is 5.90. The number of nitrogens with two attached hydrogens (primary N) is 1. The third-order valence-electron chi connectivity index (χ3n) is 3.64. The van der Waals surface area contributed by atoms with Crippen LogP contribution in [-0.4, -0.2) is 43.6 Å². The average molecular weight is 318 g/mol. The number of nitrogens with zero attached hydrogens (tertiary/aromatic N) is 3. The third kappa shape index (κ3) is 2.28. The molecule has 10 heteroatoms. The zero-order chi connectivity index (χ0) is 16.1. The predicted octanol–water partition coefficient (Wildman–Crippen LogP) is 0.673. The zero-order valence-electron chi connectivity index (χ0n) is 11.2. The van der Waals surface area contributed by atoms with Crippen LogP contribution in [0.25, 0.3) is 11.0 Å². The van der Waals surface area contributed by atoms with Gasteiger partial charge >= 0.3 is 6.18 Å². The lowest BCUT2D eigenvalue weighted by atomic mass is 10.2. The Balaban J connectivity index is 2.14. The molecule has 0 spiro atoms. The molecular weight excluding hydrogens is 305 g/mol. The number of aromatic nitrogens is 3. The molecule has 0 saturated carbocycles. The van der Waals surface area contributed by atoms with Crippen molar-refractivity contribution in [2.24, 2.45) is 0 Å². The molecule has 0 radical (unpaired) electrons. The molecule has 120 valence electrons. The number of halogens is 3. The van der Waals surface area contributed by atoms with Gasteiger partial charge in [-0.05, 0) is 0 Å². The number of aliphatic hydroxyl groups is 2. The van der Waals surface area contributed by atoms with Crippen molar-refractivity contribution < 1.29 is 28.1 Å². The number of rotatable bonds is 2. The van der Waals surface area contributed by atoms with Crippen LogP contribution in [0.1, 0.15) is 18.2 Å². The van der Waals surface area contributed by atoms with Crippen LogP contribution < -0.4 is 5.73 Å². The Morgan fingerprint density at radius 3 is 2.73 bits per heavy atom. The maximum Gasteiger partial charge on any atom is 0.418 e. The summed E-state index contributed by atoms with van der Waals surface area (Å²) < 4.78 is 46.0. The highest BCUT2D eigenvalue weighted by Gasteiger charge is 2.40. The Kier molecular flexibility index (Phi) is 3.46. The smallest absolute Gasteiger partial charge is 0.394 e. The summed E-state index contributed by atoms with van der Waals surface area (Å²) in [6, 6.07) is 0. The second-order valence-corrected chi connectivity index (χ2v) is 5.02. The molecule has 1 aliphatic rings. The van der Waals surface area contributed by atoms with Crippen molar-refractivity contribution in [3.05, 3.63) is 18.1 Å². The summed E-state index contributed by atoms with van der Waals surface area (Å²) in [6.45, 7) is -0.430. The minimum Gasteiger partial charge on any atom is -0.394 e. The first-order chi connectivity index (χ1) is 10.3. The van der Waals surface area contributed by atoms with E-state index in [1.165, 1.54) is 0 Å². The van der Waals surface area contributed by atoms with Crippen LogP contribution in [0.3, 0.4) is 0 Å². The Hall–Kier alpha value is -1.91. The van der Waals surface area contributed by atoms with Crippen LogP contribution in [0.4, 0.5) is 19.0 Å². The molecular formula is C12H13F3N4O3. The monoisotopic (exact) mass is 318 g/mol. The number of anilines is 1. The average Bonchev–Trinajstić information content (AvgIpc) is 2.99. The molecule has 1 saturated heterocycles. The topological polar surface area (TPSA) is 106 Å². The largest absolute Gasteiger partial charge is 0.418 e. The second-order valence-electron chi connectivity index (χ2n) is 5.02. The summed E-state index contributed by atoms with van der Waals surface area (Å²) in [5.41, 5.74) is 4.55. The van der Waals surface area contributed by atoms with E-state index >= 15 is 0 Å². The van der Waals surface area contributed by atoms with Gasteiger partial charge in [-0.2, -0.15) is 13.2 Å². The van der Waals surface area contributed by atoms with Crippen LogP contribution in [0, 0.1) is 0 Å². The van der Waals surface area contributed by atoms with E-state index in [1.54, 1.807) is 0 Å². The van der Waals surface area contributed by atoms with Gasteiger partial charge in [0.05, 0.1) is 23.7 Å². The molecule has 3 atom stereocenters. The first-order valence-electron chi connectivity index (χ1n) is 6.45. The normalized spacial score (nSPS) is 26.0. The molecule has 2 aromatic heterocycles. The van der Waals surface area contributed by atoms with Crippen molar-refractivity contribution >= 4 is 16.9 Å². The molecule has 7 nitrogen and oxygen atoms in total. The van der Waals surface area contributed by atoms with Crippen LogP contribution in [0.2, 0.25) is 0 Å². The van der Waals surface area contributed by atoms with E-state index in [0.717, 1.165) is 17.1 Å². The van der Waals surface area contributed by atoms with Gasteiger partial charge in [-0.1, -0.05) is 0 Å². The van der Waals surface area contributed by atoms with E-state index in [9.17, 15) is 18.3 Å². The fourth-order valence-electron chi connectivity index (χ4n) is 2.59. The lowest BCUT2D eigenvalue weighted by molar-refractivity contribution is -0.136. The molecule has 0 amide bonds. The number of hydrogen-bond acceptors (Lipinski definition) is 6. The molecule has 3 heterocycles. The molecule has 0 unspecified atom stereocenters. The number of ether oxygens (including phenoxy) is 1. The van der Waals surface area contributed by atoms with E-state index < -0.39 is 36.8 Å². The number of alkyl halides is 3. The number of aliphatic hydroxyl groups excluding tert-OH is 2. The van der Waals surface area contributed by atoms with Crippen LogP contribution in [0.5, 0.6) is 0 Å². The second kappa shape index (κ2) is 5.07. The van der Waals surface area contributed by atoms with Gasteiger partial charge in [0.1, 0.15) is 30.1 Å². The lowest BCUT2D eigenvalue weighted by Crippen LogP contribution is -2.24. The minimum atomic E-state index is -4.63. The summed E-state index contributed by atoms with van der Waals surface area (Å²) >= 11 is 0.